The molecule has 31 heavy (non-hydrogen) atoms. The fourth-order valence-electron chi connectivity index (χ4n) is 3.55. The van der Waals surface area contributed by atoms with Gasteiger partial charge in [0.05, 0.1) is 12.2 Å². The van der Waals surface area contributed by atoms with E-state index in [-0.39, 0.29) is 12.2 Å². The number of anilines is 1. The molecular weight excluding hydrogens is 399 g/mol. The monoisotopic (exact) mass is 418 g/mol. The van der Waals surface area contributed by atoms with Crippen molar-refractivity contribution in [3.05, 3.63) is 102 Å². The molecule has 0 aliphatic carbocycles. The summed E-state index contributed by atoms with van der Waals surface area (Å²) in [6.07, 6.45) is -0.396. The highest BCUT2D eigenvalue weighted by Crippen LogP contribution is 2.30. The van der Waals surface area contributed by atoms with Crippen molar-refractivity contribution in [1.82, 2.24) is 4.90 Å². The number of hydrogen-bond donors (Lipinski definition) is 1. The van der Waals surface area contributed by atoms with Crippen molar-refractivity contribution in [1.29, 1.82) is 0 Å². The van der Waals surface area contributed by atoms with E-state index in [0.717, 1.165) is 9.80 Å². The fraction of sp³-hybridized carbons (Fsp3) is 0.125. The second kappa shape index (κ2) is 8.12. The van der Waals surface area contributed by atoms with Crippen molar-refractivity contribution in [2.24, 2.45) is 0 Å². The van der Waals surface area contributed by atoms with E-state index in [2.05, 4.69) is 0 Å². The Balaban J connectivity index is 1.77. The van der Waals surface area contributed by atoms with Crippen LogP contribution in [0.1, 0.15) is 11.1 Å². The maximum Gasteiger partial charge on any atom is 0.338 e. The summed E-state index contributed by atoms with van der Waals surface area (Å²) in [5.41, 5.74) is -1.24. The summed E-state index contributed by atoms with van der Waals surface area (Å²) in [5, 5.41) is 11.3. The smallest absolute Gasteiger partial charge is 0.338 e. The molecule has 0 spiro atoms. The average Bonchev–Trinajstić information content (AvgIpc) is 2.79. The van der Waals surface area contributed by atoms with Gasteiger partial charge in [0.2, 0.25) is 5.60 Å². The number of barbiturate groups is 1. The van der Waals surface area contributed by atoms with Crippen LogP contribution in [0.25, 0.3) is 0 Å². The van der Waals surface area contributed by atoms with Crippen molar-refractivity contribution in [3.63, 3.8) is 0 Å². The molecule has 4 rings (SSSR count). The van der Waals surface area contributed by atoms with Crippen LogP contribution < -0.4 is 4.90 Å². The Morgan fingerprint density at radius 2 is 1.32 bits per heavy atom. The molecule has 0 bridgehead atoms. The van der Waals surface area contributed by atoms with E-state index in [1.165, 1.54) is 24.3 Å². The quantitative estimate of drug-likeness (QED) is 0.645. The van der Waals surface area contributed by atoms with Crippen LogP contribution in [0.5, 0.6) is 0 Å². The number of amides is 4. The largest absolute Gasteiger partial charge is 0.371 e. The Morgan fingerprint density at radius 3 is 1.94 bits per heavy atom. The topological polar surface area (TPSA) is 77.9 Å². The molecule has 1 aliphatic rings. The lowest BCUT2D eigenvalue weighted by atomic mass is 9.89. The lowest BCUT2D eigenvalue weighted by molar-refractivity contribution is -0.160. The number of benzene rings is 3. The molecule has 0 saturated carbocycles. The van der Waals surface area contributed by atoms with Gasteiger partial charge in [-0.25, -0.2) is 14.1 Å². The lowest BCUT2D eigenvalue weighted by Crippen LogP contribution is -2.69. The first-order valence-electron chi connectivity index (χ1n) is 9.66. The minimum Gasteiger partial charge on any atom is -0.371 e. The first-order chi connectivity index (χ1) is 14.9. The molecule has 1 aliphatic heterocycles. The molecule has 3 aromatic carbocycles. The van der Waals surface area contributed by atoms with Crippen LogP contribution >= 0.6 is 0 Å². The molecule has 0 aromatic heterocycles. The maximum absolute atomic E-state index is 13.3. The van der Waals surface area contributed by atoms with E-state index in [0.29, 0.717) is 11.1 Å². The highest BCUT2D eigenvalue weighted by molar-refractivity contribution is 6.31. The van der Waals surface area contributed by atoms with Gasteiger partial charge in [-0.3, -0.25) is 14.5 Å². The summed E-state index contributed by atoms with van der Waals surface area (Å²) in [4.78, 5) is 41.4. The van der Waals surface area contributed by atoms with Gasteiger partial charge in [0.1, 0.15) is 5.82 Å². The number of carbonyl (C=O) groups is 3. The lowest BCUT2D eigenvalue weighted by Gasteiger charge is -2.41. The Hall–Kier alpha value is -3.84. The van der Waals surface area contributed by atoms with Crippen molar-refractivity contribution in [2.45, 2.75) is 18.6 Å². The molecule has 6 nitrogen and oxygen atoms in total. The number of nitrogens with zero attached hydrogens (tertiary/aromatic N) is 2. The number of urea groups is 1. The summed E-state index contributed by atoms with van der Waals surface area (Å²) in [6.45, 7) is -0.110. The average molecular weight is 418 g/mol. The molecule has 0 radical (unpaired) electrons. The summed E-state index contributed by atoms with van der Waals surface area (Å²) < 4.78 is 13.3. The second-order valence-corrected chi connectivity index (χ2v) is 7.30. The third-order valence-electron chi connectivity index (χ3n) is 5.15. The minimum absolute atomic E-state index is 0.110. The number of hydrogen-bond acceptors (Lipinski definition) is 4. The number of halogens is 1. The summed E-state index contributed by atoms with van der Waals surface area (Å²) >= 11 is 0. The van der Waals surface area contributed by atoms with Crippen molar-refractivity contribution >= 4 is 23.5 Å². The maximum atomic E-state index is 13.3. The van der Waals surface area contributed by atoms with Gasteiger partial charge in [-0.2, -0.15) is 0 Å². The van der Waals surface area contributed by atoms with Crippen LogP contribution in [0.3, 0.4) is 0 Å². The fourth-order valence-corrected chi connectivity index (χ4v) is 3.55. The van der Waals surface area contributed by atoms with Crippen LogP contribution in [0.2, 0.25) is 0 Å². The second-order valence-electron chi connectivity index (χ2n) is 7.30. The number of aliphatic hydroxyl groups is 1. The Morgan fingerprint density at radius 1 is 0.742 bits per heavy atom. The van der Waals surface area contributed by atoms with Crippen LogP contribution in [-0.2, 0) is 22.6 Å². The van der Waals surface area contributed by atoms with Gasteiger partial charge in [-0.05, 0) is 35.4 Å². The van der Waals surface area contributed by atoms with E-state index in [1.54, 1.807) is 60.7 Å². The molecule has 1 unspecified atom stereocenters. The van der Waals surface area contributed by atoms with Crippen LogP contribution in [0.4, 0.5) is 14.9 Å². The van der Waals surface area contributed by atoms with Gasteiger partial charge in [-0.1, -0.05) is 60.7 Å². The molecule has 1 N–H and O–H groups in total. The summed E-state index contributed by atoms with van der Waals surface area (Å²) in [6, 6.07) is 21.2. The first-order valence-corrected chi connectivity index (χ1v) is 9.66. The van der Waals surface area contributed by atoms with E-state index in [9.17, 15) is 23.9 Å². The molecule has 1 atom stereocenters. The Kier molecular flexibility index (Phi) is 5.35. The van der Waals surface area contributed by atoms with Crippen LogP contribution in [0, 0.1) is 5.82 Å². The summed E-state index contributed by atoms with van der Waals surface area (Å²) in [7, 11) is 0. The molecule has 156 valence electrons. The molecule has 7 heteroatoms. The van der Waals surface area contributed by atoms with E-state index in [4.69, 9.17) is 0 Å². The van der Waals surface area contributed by atoms with Gasteiger partial charge in [0.25, 0.3) is 11.8 Å². The number of carbonyl (C=O) groups excluding carboxylic acids is 3. The highest BCUT2D eigenvalue weighted by Gasteiger charge is 2.57. The van der Waals surface area contributed by atoms with Crippen molar-refractivity contribution in [3.8, 4) is 0 Å². The highest BCUT2D eigenvalue weighted by atomic mass is 19.1. The number of rotatable bonds is 5. The molecule has 4 amide bonds. The third kappa shape index (κ3) is 3.83. The van der Waals surface area contributed by atoms with E-state index < -0.39 is 35.7 Å². The summed E-state index contributed by atoms with van der Waals surface area (Å²) in [5.74, 6) is -2.53. The van der Waals surface area contributed by atoms with Gasteiger partial charge < -0.3 is 5.11 Å². The zero-order valence-corrected chi connectivity index (χ0v) is 16.4. The zero-order valence-electron chi connectivity index (χ0n) is 16.4. The van der Waals surface area contributed by atoms with Gasteiger partial charge >= 0.3 is 6.03 Å². The molecular formula is C24H19FN2O4. The molecule has 1 fully saturated rings. The molecule has 1 heterocycles. The molecule has 1 saturated heterocycles. The predicted molar refractivity (Wildman–Crippen MR) is 111 cm³/mol. The zero-order chi connectivity index (χ0) is 22.0. The van der Waals surface area contributed by atoms with E-state index in [1.807, 2.05) is 0 Å². The normalized spacial score (nSPS) is 19.1. The van der Waals surface area contributed by atoms with Crippen molar-refractivity contribution in [2.75, 3.05) is 4.90 Å². The number of imide groups is 2. The predicted octanol–water partition coefficient (Wildman–Crippen LogP) is 3.29. The van der Waals surface area contributed by atoms with Crippen LogP contribution in [-0.4, -0.2) is 33.5 Å². The molecule has 3 aromatic rings. The van der Waals surface area contributed by atoms with Crippen molar-refractivity contribution < 1.29 is 23.9 Å². The standard InChI is InChI=1S/C24H19FN2O4/c25-19-13-11-17(12-14-19)15-24(31)21(28)26(16-18-7-3-1-4-8-18)23(30)27(22(24)29)20-9-5-2-6-10-20/h1-14,31H,15-16H2. The Labute approximate surface area is 178 Å². The van der Waals surface area contributed by atoms with Gasteiger partial charge in [-0.15, -0.1) is 0 Å². The Bertz CT molecular complexity index is 1120. The SMILES string of the molecule is O=C1N(Cc2ccccc2)C(=O)C(O)(Cc2ccc(F)cc2)C(=O)N1c1ccccc1. The first kappa shape index (κ1) is 20.4. The third-order valence-corrected chi connectivity index (χ3v) is 5.15. The van der Waals surface area contributed by atoms with Crippen LogP contribution in [0.15, 0.2) is 84.9 Å². The van der Waals surface area contributed by atoms with E-state index >= 15 is 0 Å². The van der Waals surface area contributed by atoms with Gasteiger partial charge in [0, 0.05) is 6.42 Å². The number of para-hydroxylation sites is 1. The minimum atomic E-state index is -2.52. The van der Waals surface area contributed by atoms with Gasteiger partial charge in [0.15, 0.2) is 0 Å².